The zero-order chi connectivity index (χ0) is 13.1. The molecule has 94 valence electrons. The van der Waals surface area contributed by atoms with E-state index in [-0.39, 0.29) is 58.6 Å². The summed E-state index contributed by atoms with van der Waals surface area (Å²) >= 11 is 0. The van der Waals surface area contributed by atoms with E-state index in [1.54, 1.807) is 18.3 Å². The van der Waals surface area contributed by atoms with Gasteiger partial charge in [0.05, 0.1) is 0 Å². The second-order valence-electron chi connectivity index (χ2n) is 4.37. The molecule has 20 heavy (non-hydrogen) atoms. The van der Waals surface area contributed by atoms with E-state index < -0.39 is 0 Å². The van der Waals surface area contributed by atoms with Crippen LogP contribution in [0.15, 0.2) is 73.1 Å². The van der Waals surface area contributed by atoms with E-state index in [1.165, 1.54) is 0 Å². The van der Waals surface area contributed by atoms with E-state index in [4.69, 9.17) is 0 Å². The van der Waals surface area contributed by atoms with Gasteiger partial charge in [-0.2, -0.15) is 0 Å². The van der Waals surface area contributed by atoms with Crippen molar-refractivity contribution in [2.45, 2.75) is 0 Å². The molecule has 0 amide bonds. The Bertz CT molecular complexity index is 669. The van der Waals surface area contributed by atoms with Crippen molar-refractivity contribution in [1.82, 2.24) is 4.98 Å². The van der Waals surface area contributed by atoms with Crippen molar-refractivity contribution in [2.75, 3.05) is 0 Å². The van der Waals surface area contributed by atoms with Crippen LogP contribution in [0.4, 0.5) is 0 Å². The minimum Gasteiger partial charge on any atom is -1.00 e. The third-order valence-corrected chi connectivity index (χ3v) is 3.08. The molecule has 0 fully saturated rings. The summed E-state index contributed by atoms with van der Waals surface area (Å²) in [7, 11) is 0. The first-order valence-corrected chi connectivity index (χ1v) is 6.13. The average Bonchev–Trinajstić information content (AvgIpc) is 2.49. The van der Waals surface area contributed by atoms with Gasteiger partial charge in [-0.1, -0.05) is 42.5 Å². The van der Waals surface area contributed by atoms with Crippen LogP contribution in [0, 0.1) is 0 Å². The number of pyridine rings is 1. The fraction of sp³-hybridized carbons (Fsp3) is 0. The average molecular weight is 287 g/mol. The number of nitrogens with zero attached hydrogens (tertiary/aromatic N) is 1. The van der Waals surface area contributed by atoms with Gasteiger partial charge in [0, 0.05) is 12.4 Å². The topological polar surface area (TPSA) is 33.1 Å². The van der Waals surface area contributed by atoms with Crippen LogP contribution in [0.5, 0.6) is 5.75 Å². The van der Waals surface area contributed by atoms with E-state index >= 15 is 0 Å². The Balaban J connectivity index is 0.00000110. The van der Waals surface area contributed by atoms with Crippen LogP contribution < -0.4 is 51.4 Å². The third kappa shape index (κ3) is 3.56. The van der Waals surface area contributed by atoms with Gasteiger partial charge in [-0.25, -0.2) is 0 Å². The van der Waals surface area contributed by atoms with Crippen LogP contribution in [0.2, 0.25) is 0 Å². The van der Waals surface area contributed by atoms with Crippen molar-refractivity contribution < 1.29 is 57.9 Å². The summed E-state index contributed by atoms with van der Waals surface area (Å²) in [6, 6.07) is 19.5. The van der Waals surface area contributed by atoms with Crippen molar-refractivity contribution in [1.29, 1.82) is 0 Å². The maximum absolute atomic E-state index is 9.29. The minimum atomic E-state index is 0. The summed E-state index contributed by atoms with van der Waals surface area (Å²) in [5.74, 6) is 0.288. The molecule has 0 bridgehead atoms. The van der Waals surface area contributed by atoms with E-state index in [0.29, 0.717) is 0 Å². The summed E-state index contributed by atoms with van der Waals surface area (Å²) in [5.41, 5.74) is 4.48. The molecule has 0 saturated heterocycles. The van der Waals surface area contributed by atoms with Crippen LogP contribution in [0.3, 0.4) is 0 Å². The van der Waals surface area contributed by atoms with Crippen molar-refractivity contribution in [3.05, 3.63) is 73.1 Å². The van der Waals surface area contributed by atoms with Gasteiger partial charge in [-0.15, -0.1) is 0 Å². The standard InChI is InChI=1S/C17H13NO.K.H/c19-17-9-7-14(8-10-17)13-3-5-15(6-4-13)16-2-1-11-18-12-16;;/h1-12,19H;;/q;+1;-1. The molecule has 0 aliphatic rings. The fourth-order valence-electron chi connectivity index (χ4n) is 2.04. The maximum Gasteiger partial charge on any atom is 1.00 e. The van der Waals surface area contributed by atoms with Gasteiger partial charge >= 0.3 is 51.4 Å². The summed E-state index contributed by atoms with van der Waals surface area (Å²) in [4.78, 5) is 4.12. The second kappa shape index (κ2) is 7.15. The van der Waals surface area contributed by atoms with Crippen molar-refractivity contribution >= 4 is 0 Å². The molecule has 1 N–H and O–H groups in total. The molecular formula is C17H14KNO. The molecule has 2 nitrogen and oxygen atoms in total. The van der Waals surface area contributed by atoms with Gasteiger partial charge in [0.1, 0.15) is 5.75 Å². The monoisotopic (exact) mass is 287 g/mol. The molecule has 3 heteroatoms. The van der Waals surface area contributed by atoms with Gasteiger partial charge in [-0.3, -0.25) is 4.98 Å². The third-order valence-electron chi connectivity index (χ3n) is 3.08. The number of aromatic nitrogens is 1. The molecule has 1 heterocycles. The first-order valence-electron chi connectivity index (χ1n) is 6.13. The summed E-state index contributed by atoms with van der Waals surface area (Å²) in [6.45, 7) is 0. The summed E-state index contributed by atoms with van der Waals surface area (Å²) < 4.78 is 0. The summed E-state index contributed by atoms with van der Waals surface area (Å²) in [6.07, 6.45) is 3.63. The Morgan fingerprint density at radius 3 is 1.70 bits per heavy atom. The number of benzene rings is 2. The van der Waals surface area contributed by atoms with E-state index in [9.17, 15) is 5.11 Å². The van der Waals surface area contributed by atoms with Crippen LogP contribution in [0.25, 0.3) is 22.3 Å². The van der Waals surface area contributed by atoms with Crippen LogP contribution in [-0.2, 0) is 0 Å². The number of phenols is 1. The molecule has 2 aromatic carbocycles. The van der Waals surface area contributed by atoms with Gasteiger partial charge in [0.15, 0.2) is 0 Å². The number of phenolic OH excluding ortho intramolecular Hbond substituents is 1. The quantitative estimate of drug-likeness (QED) is 0.719. The molecule has 0 spiro atoms. The van der Waals surface area contributed by atoms with Crippen molar-refractivity contribution in [2.24, 2.45) is 0 Å². The molecule has 3 rings (SSSR count). The molecule has 0 saturated carbocycles. The van der Waals surface area contributed by atoms with Gasteiger partial charge in [0.2, 0.25) is 0 Å². The number of hydrogen-bond donors (Lipinski definition) is 1. The first-order chi connectivity index (χ1) is 9.33. The predicted octanol–water partition coefficient (Wildman–Crippen LogP) is 1.24. The van der Waals surface area contributed by atoms with Crippen molar-refractivity contribution in [3.63, 3.8) is 0 Å². The molecule has 1 aromatic heterocycles. The SMILES string of the molecule is Oc1ccc(-c2ccc(-c3cccnc3)cc2)cc1.[H-].[K+]. The van der Waals surface area contributed by atoms with Gasteiger partial charge < -0.3 is 6.53 Å². The number of hydrogen-bond acceptors (Lipinski definition) is 2. The largest absolute Gasteiger partial charge is 1.00 e. The van der Waals surface area contributed by atoms with Gasteiger partial charge in [-0.05, 0) is 40.5 Å². The second-order valence-corrected chi connectivity index (χ2v) is 4.37. The molecule has 0 aliphatic carbocycles. The minimum absolute atomic E-state index is 0. The number of rotatable bonds is 2. The zero-order valence-electron chi connectivity index (χ0n) is 12.3. The van der Waals surface area contributed by atoms with Gasteiger partial charge in [0.25, 0.3) is 0 Å². The van der Waals surface area contributed by atoms with E-state index in [2.05, 4.69) is 29.2 Å². The molecule has 0 aliphatic heterocycles. The Hall–Kier alpha value is -0.974. The Kier molecular flexibility index (Phi) is 5.51. The molecule has 0 unspecified atom stereocenters. The molecule has 0 radical (unpaired) electrons. The fourth-order valence-corrected chi connectivity index (χ4v) is 2.04. The van der Waals surface area contributed by atoms with E-state index in [1.807, 2.05) is 30.5 Å². The summed E-state index contributed by atoms with van der Waals surface area (Å²) in [5, 5.41) is 9.29. The predicted molar refractivity (Wildman–Crippen MR) is 77.9 cm³/mol. The number of aromatic hydroxyl groups is 1. The maximum atomic E-state index is 9.29. The Morgan fingerprint density at radius 1 is 0.700 bits per heavy atom. The van der Waals surface area contributed by atoms with Crippen molar-refractivity contribution in [3.8, 4) is 28.0 Å². The van der Waals surface area contributed by atoms with Crippen LogP contribution in [-0.4, -0.2) is 10.1 Å². The smallest absolute Gasteiger partial charge is 1.00 e. The zero-order valence-corrected chi connectivity index (χ0v) is 14.4. The normalized spacial score (nSPS) is 9.80. The van der Waals surface area contributed by atoms with Crippen LogP contribution >= 0.6 is 0 Å². The van der Waals surface area contributed by atoms with E-state index in [0.717, 1.165) is 22.3 Å². The molecular weight excluding hydrogens is 273 g/mol. The molecule has 0 atom stereocenters. The first kappa shape index (κ1) is 15.4. The van der Waals surface area contributed by atoms with Crippen LogP contribution in [0.1, 0.15) is 1.43 Å². The Morgan fingerprint density at radius 2 is 1.20 bits per heavy atom. The molecule has 3 aromatic rings. The Labute approximate surface area is 162 Å².